The second-order valence-electron chi connectivity index (χ2n) is 11.9. The van der Waals surface area contributed by atoms with Crippen LogP contribution in [0, 0.1) is 0 Å². The number of hydrogen-bond donors (Lipinski definition) is 0. The first-order chi connectivity index (χ1) is 23.8. The Kier molecular flexibility index (Phi) is 6.01. The first-order valence-corrected chi connectivity index (χ1v) is 16.8. The maximum atomic E-state index is 6.62. The number of benzene rings is 7. The SMILES string of the molecule is c1ccc(-c2nc3c(cc(N(c4ccc5c(c4)oc4ccccc45)c4ccccc4-c4ccccc4)c4sc5ccccc5c43)o2)cc1. The summed E-state index contributed by atoms with van der Waals surface area (Å²) in [5, 5.41) is 4.47. The van der Waals surface area contributed by atoms with Gasteiger partial charge in [-0.15, -0.1) is 11.3 Å². The largest absolute Gasteiger partial charge is 0.456 e. The lowest BCUT2D eigenvalue weighted by Gasteiger charge is -2.28. The number of para-hydroxylation sites is 2. The van der Waals surface area contributed by atoms with E-state index in [2.05, 4.69) is 120 Å². The lowest BCUT2D eigenvalue weighted by Crippen LogP contribution is -2.11. The van der Waals surface area contributed by atoms with Crippen LogP contribution < -0.4 is 4.90 Å². The zero-order valence-electron chi connectivity index (χ0n) is 25.6. The minimum Gasteiger partial charge on any atom is -0.456 e. The van der Waals surface area contributed by atoms with Gasteiger partial charge in [0.25, 0.3) is 0 Å². The molecule has 0 atom stereocenters. The Bertz CT molecular complexity index is 2790. The summed E-state index contributed by atoms with van der Waals surface area (Å²) in [6, 6.07) is 54.8. The van der Waals surface area contributed by atoms with Crippen molar-refractivity contribution in [1.82, 2.24) is 4.98 Å². The molecule has 0 N–H and O–H groups in total. The van der Waals surface area contributed by atoms with Gasteiger partial charge in [-0.25, -0.2) is 4.98 Å². The Hall–Kier alpha value is -6.17. The van der Waals surface area contributed by atoms with Crippen LogP contribution in [0.3, 0.4) is 0 Å². The van der Waals surface area contributed by atoms with Crippen molar-refractivity contribution in [2.45, 2.75) is 0 Å². The highest BCUT2D eigenvalue weighted by Crippen LogP contribution is 2.50. The van der Waals surface area contributed by atoms with E-state index in [1.807, 2.05) is 42.5 Å². The highest BCUT2D eigenvalue weighted by atomic mass is 32.1. The van der Waals surface area contributed by atoms with Gasteiger partial charge < -0.3 is 13.7 Å². The van der Waals surface area contributed by atoms with Gasteiger partial charge >= 0.3 is 0 Å². The van der Waals surface area contributed by atoms with Gasteiger partial charge in [0.15, 0.2) is 5.58 Å². The molecule has 3 heterocycles. The van der Waals surface area contributed by atoms with Gasteiger partial charge in [-0.2, -0.15) is 0 Å². The minimum atomic E-state index is 0.610. The summed E-state index contributed by atoms with van der Waals surface area (Å²) in [4.78, 5) is 7.47. The predicted octanol–water partition coefficient (Wildman–Crippen LogP) is 12.9. The van der Waals surface area contributed by atoms with Crippen LogP contribution in [0.4, 0.5) is 17.1 Å². The van der Waals surface area contributed by atoms with Crippen LogP contribution in [0.2, 0.25) is 0 Å². The molecular formula is C43H26N2O2S. The summed E-state index contributed by atoms with van der Waals surface area (Å²) in [5.41, 5.74) is 9.62. The molecule has 4 nitrogen and oxygen atoms in total. The fraction of sp³-hybridized carbons (Fsp3) is 0. The van der Waals surface area contributed by atoms with Crippen LogP contribution in [-0.2, 0) is 0 Å². The van der Waals surface area contributed by atoms with Crippen molar-refractivity contribution in [3.05, 3.63) is 158 Å². The Balaban J connectivity index is 1.31. The van der Waals surface area contributed by atoms with E-state index in [9.17, 15) is 0 Å². The number of rotatable bonds is 5. The smallest absolute Gasteiger partial charge is 0.227 e. The molecule has 7 aromatic carbocycles. The molecule has 0 unspecified atom stereocenters. The fourth-order valence-electron chi connectivity index (χ4n) is 6.92. The average molecular weight is 635 g/mol. The molecule has 226 valence electrons. The van der Waals surface area contributed by atoms with Crippen LogP contribution in [0.25, 0.3) is 75.8 Å². The third-order valence-electron chi connectivity index (χ3n) is 9.10. The van der Waals surface area contributed by atoms with E-state index in [0.717, 1.165) is 76.9 Å². The summed E-state index contributed by atoms with van der Waals surface area (Å²) in [7, 11) is 0. The molecule has 0 aliphatic rings. The summed E-state index contributed by atoms with van der Waals surface area (Å²) < 4.78 is 15.4. The molecule has 0 fully saturated rings. The molecular weight excluding hydrogens is 609 g/mol. The van der Waals surface area contributed by atoms with Crippen molar-refractivity contribution in [2.24, 2.45) is 0 Å². The topological polar surface area (TPSA) is 42.4 Å². The van der Waals surface area contributed by atoms with Gasteiger partial charge in [-0.05, 0) is 48.0 Å². The van der Waals surface area contributed by atoms with Crippen molar-refractivity contribution >= 4 is 81.6 Å². The molecule has 0 bridgehead atoms. The molecule has 0 saturated heterocycles. The Labute approximate surface area is 279 Å². The van der Waals surface area contributed by atoms with Crippen LogP contribution >= 0.6 is 11.3 Å². The molecule has 0 aliphatic carbocycles. The van der Waals surface area contributed by atoms with Crippen molar-refractivity contribution in [1.29, 1.82) is 0 Å². The number of thiophene rings is 1. The van der Waals surface area contributed by atoms with Gasteiger partial charge in [-0.3, -0.25) is 0 Å². The second-order valence-corrected chi connectivity index (χ2v) is 13.0. The zero-order valence-corrected chi connectivity index (χ0v) is 26.4. The van der Waals surface area contributed by atoms with E-state index >= 15 is 0 Å². The van der Waals surface area contributed by atoms with Crippen LogP contribution in [0.1, 0.15) is 0 Å². The average Bonchev–Trinajstić information content (AvgIpc) is 3.86. The van der Waals surface area contributed by atoms with Crippen molar-refractivity contribution in [2.75, 3.05) is 4.90 Å². The zero-order chi connectivity index (χ0) is 31.6. The lowest BCUT2D eigenvalue weighted by atomic mass is 10.0. The first-order valence-electron chi connectivity index (χ1n) is 16.0. The Morgan fingerprint density at radius 1 is 0.500 bits per heavy atom. The Morgan fingerprint density at radius 2 is 1.19 bits per heavy atom. The van der Waals surface area contributed by atoms with E-state index in [-0.39, 0.29) is 0 Å². The summed E-state index contributed by atoms with van der Waals surface area (Å²) >= 11 is 1.79. The van der Waals surface area contributed by atoms with E-state index in [1.165, 1.54) is 10.1 Å². The minimum absolute atomic E-state index is 0.610. The van der Waals surface area contributed by atoms with Crippen LogP contribution in [0.5, 0.6) is 0 Å². The molecule has 0 saturated carbocycles. The third-order valence-corrected chi connectivity index (χ3v) is 10.3. The van der Waals surface area contributed by atoms with Gasteiger partial charge in [-0.1, -0.05) is 103 Å². The quantitative estimate of drug-likeness (QED) is 0.189. The number of oxazole rings is 1. The van der Waals surface area contributed by atoms with Gasteiger partial charge in [0.1, 0.15) is 16.7 Å². The van der Waals surface area contributed by atoms with E-state index in [0.29, 0.717) is 5.89 Å². The Morgan fingerprint density at radius 3 is 2.04 bits per heavy atom. The number of hydrogen-bond acceptors (Lipinski definition) is 5. The van der Waals surface area contributed by atoms with Gasteiger partial charge in [0.05, 0.1) is 16.1 Å². The number of anilines is 3. The highest BCUT2D eigenvalue weighted by molar-refractivity contribution is 7.26. The fourth-order valence-corrected chi connectivity index (χ4v) is 8.13. The second kappa shape index (κ2) is 10.7. The molecule has 3 aromatic heterocycles. The number of fused-ring (bicyclic) bond motifs is 8. The van der Waals surface area contributed by atoms with Crippen LogP contribution in [0.15, 0.2) is 167 Å². The molecule has 48 heavy (non-hydrogen) atoms. The number of aromatic nitrogens is 1. The molecule has 10 rings (SSSR count). The van der Waals surface area contributed by atoms with Crippen molar-refractivity contribution < 1.29 is 8.83 Å². The highest BCUT2D eigenvalue weighted by Gasteiger charge is 2.25. The predicted molar refractivity (Wildman–Crippen MR) is 200 cm³/mol. The number of furan rings is 1. The molecule has 0 spiro atoms. The monoisotopic (exact) mass is 634 g/mol. The van der Waals surface area contributed by atoms with Gasteiger partial charge in [0.2, 0.25) is 5.89 Å². The molecule has 10 aromatic rings. The number of nitrogens with zero attached hydrogens (tertiary/aromatic N) is 2. The maximum Gasteiger partial charge on any atom is 0.227 e. The molecule has 0 aliphatic heterocycles. The van der Waals surface area contributed by atoms with Crippen LogP contribution in [-0.4, -0.2) is 4.98 Å². The van der Waals surface area contributed by atoms with Crippen molar-refractivity contribution in [3.8, 4) is 22.6 Å². The van der Waals surface area contributed by atoms with Gasteiger partial charge in [0, 0.05) is 55.2 Å². The van der Waals surface area contributed by atoms with Crippen molar-refractivity contribution in [3.63, 3.8) is 0 Å². The molecule has 0 amide bonds. The summed E-state index contributed by atoms with van der Waals surface area (Å²) in [6.45, 7) is 0. The van der Waals surface area contributed by atoms with E-state index in [1.54, 1.807) is 11.3 Å². The normalized spacial score (nSPS) is 11.8. The first kappa shape index (κ1) is 27.0. The standard InChI is InChI=1S/C43H26N2O2S/c1-3-13-27(14-4-1)30-17-7-10-20-34(30)45(29-23-24-32-31-18-8-11-21-36(31)46-37(32)25-29)35-26-38-41(44-43(47-38)28-15-5-2-6-16-28)40-33-19-9-12-22-39(33)48-42(35)40/h1-26H. The summed E-state index contributed by atoms with van der Waals surface area (Å²) in [6.07, 6.45) is 0. The maximum absolute atomic E-state index is 6.62. The molecule has 0 radical (unpaired) electrons. The van der Waals surface area contributed by atoms with E-state index in [4.69, 9.17) is 13.8 Å². The third kappa shape index (κ3) is 4.18. The molecule has 5 heteroatoms. The van der Waals surface area contributed by atoms with E-state index < -0.39 is 0 Å². The lowest BCUT2D eigenvalue weighted by molar-refractivity contribution is 0.620. The summed E-state index contributed by atoms with van der Waals surface area (Å²) in [5.74, 6) is 0.610.